The van der Waals surface area contributed by atoms with Gasteiger partial charge in [-0.1, -0.05) is 17.7 Å². The molecule has 1 heterocycles. The van der Waals surface area contributed by atoms with Crippen molar-refractivity contribution in [1.29, 1.82) is 0 Å². The van der Waals surface area contributed by atoms with Gasteiger partial charge >= 0.3 is 0 Å². The van der Waals surface area contributed by atoms with Crippen LogP contribution in [-0.4, -0.2) is 15.8 Å². The molecule has 1 aromatic heterocycles. The van der Waals surface area contributed by atoms with Gasteiger partial charge in [0.25, 0.3) is 0 Å². The van der Waals surface area contributed by atoms with Crippen LogP contribution in [0.25, 0.3) is 0 Å². The minimum absolute atomic E-state index is 0.375. The van der Waals surface area contributed by atoms with E-state index in [4.69, 9.17) is 11.6 Å². The van der Waals surface area contributed by atoms with Gasteiger partial charge in [0.1, 0.15) is 0 Å². The molecule has 1 aromatic carbocycles. The average Bonchev–Trinajstić information content (AvgIpc) is 2.80. The maximum Gasteiger partial charge on any atom is 0.0560 e. The summed E-state index contributed by atoms with van der Waals surface area (Å²) in [6, 6.07) is 8.32. The van der Waals surface area contributed by atoms with Crippen LogP contribution < -0.4 is 5.32 Å². The minimum atomic E-state index is 0.375. The van der Waals surface area contributed by atoms with Crippen LogP contribution in [0, 0.1) is 6.92 Å². The molecule has 0 aliphatic carbocycles. The molecular weight excluding hydrogens is 246 g/mol. The normalized spacial score (nSPS) is 12.6. The van der Waals surface area contributed by atoms with E-state index in [0.29, 0.717) is 6.04 Å². The highest BCUT2D eigenvalue weighted by Crippen LogP contribution is 2.15. The van der Waals surface area contributed by atoms with Crippen LogP contribution in [0.15, 0.2) is 36.7 Å². The molecule has 0 aliphatic heterocycles. The van der Waals surface area contributed by atoms with E-state index in [9.17, 15) is 0 Å². The second-order valence-corrected chi connectivity index (χ2v) is 5.02. The fourth-order valence-electron chi connectivity index (χ4n) is 1.90. The van der Waals surface area contributed by atoms with Gasteiger partial charge < -0.3 is 5.32 Å². The van der Waals surface area contributed by atoms with Gasteiger partial charge in [-0.05, 0) is 43.2 Å². The molecule has 1 unspecified atom stereocenters. The monoisotopic (exact) mass is 263 g/mol. The molecule has 2 rings (SSSR count). The van der Waals surface area contributed by atoms with Crippen molar-refractivity contribution in [3.8, 4) is 0 Å². The fourth-order valence-corrected chi connectivity index (χ4v) is 2.12. The molecule has 18 heavy (non-hydrogen) atoms. The van der Waals surface area contributed by atoms with E-state index in [0.717, 1.165) is 18.1 Å². The third-order valence-corrected chi connectivity index (χ3v) is 3.20. The average molecular weight is 264 g/mol. The molecule has 1 N–H and O–H groups in total. The van der Waals surface area contributed by atoms with Gasteiger partial charge in [0.05, 0.1) is 6.54 Å². The zero-order valence-electron chi connectivity index (χ0n) is 10.7. The molecular formula is C14H18ClN3. The van der Waals surface area contributed by atoms with E-state index in [2.05, 4.69) is 30.3 Å². The Kier molecular flexibility index (Phi) is 4.39. The smallest absolute Gasteiger partial charge is 0.0560 e. The number of hydrogen-bond donors (Lipinski definition) is 1. The van der Waals surface area contributed by atoms with E-state index < -0.39 is 0 Å². The van der Waals surface area contributed by atoms with Crippen molar-refractivity contribution >= 4 is 11.6 Å². The Hall–Kier alpha value is -1.32. The lowest BCUT2D eigenvalue weighted by Gasteiger charge is -2.15. The first-order chi connectivity index (χ1) is 8.65. The first kappa shape index (κ1) is 13.1. The van der Waals surface area contributed by atoms with E-state index >= 15 is 0 Å². The molecule has 3 nitrogen and oxygen atoms in total. The Bertz CT molecular complexity index is 494. The van der Waals surface area contributed by atoms with Crippen LogP contribution in [0.4, 0.5) is 0 Å². The minimum Gasteiger partial charge on any atom is -0.308 e. The number of rotatable bonds is 5. The molecule has 0 aliphatic rings. The summed E-state index contributed by atoms with van der Waals surface area (Å²) in [5.41, 5.74) is 2.51. The van der Waals surface area contributed by atoms with Gasteiger partial charge in [-0.15, -0.1) is 0 Å². The summed E-state index contributed by atoms with van der Waals surface area (Å²) in [4.78, 5) is 0. The predicted octanol–water partition coefficient (Wildman–Crippen LogP) is 3.02. The lowest BCUT2D eigenvalue weighted by atomic mass is 10.1. The molecule has 0 saturated carbocycles. The van der Waals surface area contributed by atoms with E-state index in [1.807, 2.05) is 29.1 Å². The number of aromatic nitrogens is 2. The number of halogens is 1. The fraction of sp³-hybridized carbons (Fsp3) is 0.357. The molecule has 0 radical (unpaired) electrons. The third-order valence-electron chi connectivity index (χ3n) is 2.97. The molecule has 96 valence electrons. The molecule has 0 saturated heterocycles. The summed E-state index contributed by atoms with van der Waals surface area (Å²) < 4.78 is 1.94. The Morgan fingerprint density at radius 2 is 2.28 bits per heavy atom. The van der Waals surface area contributed by atoms with Gasteiger partial charge in [-0.25, -0.2) is 0 Å². The SMILES string of the molecule is Cc1cc(Cl)ccc1CNC(C)Cn1cccn1. The molecule has 4 heteroatoms. The van der Waals surface area contributed by atoms with Crippen molar-refractivity contribution in [3.05, 3.63) is 52.8 Å². The second-order valence-electron chi connectivity index (χ2n) is 4.58. The number of nitrogens with zero attached hydrogens (tertiary/aromatic N) is 2. The van der Waals surface area contributed by atoms with Crippen LogP contribution >= 0.6 is 11.6 Å². The van der Waals surface area contributed by atoms with Crippen molar-refractivity contribution < 1.29 is 0 Å². The Labute approximate surface area is 113 Å². The number of hydrogen-bond acceptors (Lipinski definition) is 2. The van der Waals surface area contributed by atoms with Crippen molar-refractivity contribution in [3.63, 3.8) is 0 Å². The van der Waals surface area contributed by atoms with Crippen LogP contribution in [0.1, 0.15) is 18.1 Å². The lowest BCUT2D eigenvalue weighted by molar-refractivity contribution is 0.450. The van der Waals surface area contributed by atoms with Crippen LogP contribution in [0.3, 0.4) is 0 Å². The van der Waals surface area contributed by atoms with E-state index in [1.54, 1.807) is 6.20 Å². The topological polar surface area (TPSA) is 29.9 Å². The Morgan fingerprint density at radius 1 is 1.44 bits per heavy atom. The highest BCUT2D eigenvalue weighted by molar-refractivity contribution is 6.30. The summed E-state index contributed by atoms with van der Waals surface area (Å²) in [7, 11) is 0. The van der Waals surface area contributed by atoms with Crippen LogP contribution in [0.5, 0.6) is 0 Å². The summed E-state index contributed by atoms with van der Waals surface area (Å²) in [6.07, 6.45) is 3.78. The molecule has 0 fully saturated rings. The summed E-state index contributed by atoms with van der Waals surface area (Å²) in [5.74, 6) is 0. The first-order valence-corrected chi connectivity index (χ1v) is 6.49. The first-order valence-electron chi connectivity index (χ1n) is 6.11. The lowest BCUT2D eigenvalue weighted by Crippen LogP contribution is -2.30. The van der Waals surface area contributed by atoms with Crippen LogP contribution in [-0.2, 0) is 13.1 Å². The molecule has 1 atom stereocenters. The molecule has 0 amide bonds. The maximum absolute atomic E-state index is 5.94. The van der Waals surface area contributed by atoms with Gasteiger partial charge in [0.15, 0.2) is 0 Å². The largest absolute Gasteiger partial charge is 0.308 e. The van der Waals surface area contributed by atoms with Gasteiger partial charge in [-0.3, -0.25) is 4.68 Å². The zero-order chi connectivity index (χ0) is 13.0. The molecule has 0 spiro atoms. The second kappa shape index (κ2) is 6.03. The molecule has 0 bridgehead atoms. The zero-order valence-corrected chi connectivity index (χ0v) is 11.5. The van der Waals surface area contributed by atoms with Gasteiger partial charge in [0.2, 0.25) is 0 Å². The van der Waals surface area contributed by atoms with Crippen molar-refractivity contribution in [2.45, 2.75) is 33.0 Å². The summed E-state index contributed by atoms with van der Waals surface area (Å²) >= 11 is 5.94. The number of aryl methyl sites for hydroxylation is 1. The summed E-state index contributed by atoms with van der Waals surface area (Å²) in [6.45, 7) is 5.97. The third kappa shape index (κ3) is 3.59. The standard InChI is InChI=1S/C14H18ClN3/c1-11-8-14(15)5-4-13(11)9-16-12(2)10-18-7-3-6-17-18/h3-8,12,16H,9-10H2,1-2H3. The number of nitrogens with one attached hydrogen (secondary N) is 1. The van der Waals surface area contributed by atoms with Gasteiger partial charge in [-0.2, -0.15) is 5.10 Å². The predicted molar refractivity (Wildman–Crippen MR) is 74.7 cm³/mol. The van der Waals surface area contributed by atoms with Crippen molar-refractivity contribution in [2.75, 3.05) is 0 Å². The Morgan fingerprint density at radius 3 is 2.94 bits per heavy atom. The van der Waals surface area contributed by atoms with E-state index in [-0.39, 0.29) is 0 Å². The Balaban J connectivity index is 1.87. The summed E-state index contributed by atoms with van der Waals surface area (Å²) in [5, 5.41) is 8.49. The van der Waals surface area contributed by atoms with Gasteiger partial charge in [0, 0.05) is 30.0 Å². The highest BCUT2D eigenvalue weighted by atomic mass is 35.5. The quantitative estimate of drug-likeness (QED) is 0.899. The number of benzene rings is 1. The molecule has 2 aromatic rings. The van der Waals surface area contributed by atoms with Crippen molar-refractivity contribution in [1.82, 2.24) is 15.1 Å². The van der Waals surface area contributed by atoms with E-state index in [1.165, 1.54) is 11.1 Å². The highest BCUT2D eigenvalue weighted by Gasteiger charge is 2.04. The van der Waals surface area contributed by atoms with Crippen LogP contribution in [0.2, 0.25) is 5.02 Å². The maximum atomic E-state index is 5.94. The van der Waals surface area contributed by atoms with Crippen molar-refractivity contribution in [2.24, 2.45) is 0 Å².